The molecule has 0 radical (unpaired) electrons. The quantitative estimate of drug-likeness (QED) is 0.834. The van der Waals surface area contributed by atoms with Crippen LogP contribution >= 0.6 is 0 Å². The molecule has 1 aromatic carbocycles. The molecule has 0 saturated heterocycles. The number of primary amides is 1. The Kier molecular flexibility index (Phi) is 3.16. The van der Waals surface area contributed by atoms with Crippen LogP contribution in [0.4, 0.5) is 0 Å². The van der Waals surface area contributed by atoms with E-state index in [4.69, 9.17) is 16.2 Å². The Hall–Kier alpha value is -2.14. The van der Waals surface area contributed by atoms with E-state index in [1.54, 1.807) is 19.2 Å². The Morgan fingerprint density at radius 3 is 2.89 bits per heavy atom. The molecule has 1 unspecified atom stereocenters. The topological polar surface area (TPSA) is 91.2 Å². The normalized spacial score (nSPS) is 14.1. The van der Waals surface area contributed by atoms with Crippen LogP contribution in [0.3, 0.4) is 0 Å². The van der Waals surface area contributed by atoms with Crippen molar-refractivity contribution in [3.05, 3.63) is 36.5 Å². The first-order chi connectivity index (χ1) is 8.50. The summed E-state index contributed by atoms with van der Waals surface area (Å²) in [6, 6.07) is 9.25. The van der Waals surface area contributed by atoms with Crippen LogP contribution in [0.5, 0.6) is 5.75 Å². The molecule has 2 aromatic rings. The number of benzene rings is 1. The standard InChI is InChI=1S/C13H15N3O2/c1-13(15,12(14)17)8-18-11-6-2-5-10-9(11)4-3-7-16-10/h2-7H,8,15H2,1H3,(H2,14,17). The summed E-state index contributed by atoms with van der Waals surface area (Å²) in [5, 5.41) is 0.875. The van der Waals surface area contributed by atoms with Gasteiger partial charge >= 0.3 is 0 Å². The van der Waals surface area contributed by atoms with E-state index in [9.17, 15) is 4.79 Å². The summed E-state index contributed by atoms with van der Waals surface area (Å²) in [5.41, 5.74) is 10.6. The third-order valence-electron chi connectivity index (χ3n) is 2.70. The fourth-order valence-electron chi connectivity index (χ4n) is 1.50. The predicted octanol–water partition coefficient (Wildman–Crippen LogP) is 0.816. The van der Waals surface area contributed by atoms with Gasteiger partial charge in [-0.05, 0) is 31.2 Å². The van der Waals surface area contributed by atoms with E-state index in [0.29, 0.717) is 5.75 Å². The summed E-state index contributed by atoms with van der Waals surface area (Å²) >= 11 is 0. The molecule has 0 fully saturated rings. The molecule has 5 heteroatoms. The van der Waals surface area contributed by atoms with E-state index < -0.39 is 11.4 Å². The van der Waals surface area contributed by atoms with E-state index >= 15 is 0 Å². The van der Waals surface area contributed by atoms with Crippen LogP contribution in [0.25, 0.3) is 10.9 Å². The van der Waals surface area contributed by atoms with Gasteiger partial charge in [0.1, 0.15) is 17.9 Å². The maximum absolute atomic E-state index is 11.1. The molecule has 2 rings (SSSR count). The Labute approximate surface area is 105 Å². The second-order valence-electron chi connectivity index (χ2n) is 4.40. The summed E-state index contributed by atoms with van der Waals surface area (Å²) in [6.45, 7) is 1.56. The minimum Gasteiger partial charge on any atom is -0.490 e. The second kappa shape index (κ2) is 4.62. The number of carbonyl (C=O) groups is 1. The molecule has 18 heavy (non-hydrogen) atoms. The Bertz CT molecular complexity index is 576. The zero-order chi connectivity index (χ0) is 13.2. The highest BCUT2D eigenvalue weighted by Crippen LogP contribution is 2.24. The summed E-state index contributed by atoms with van der Waals surface area (Å²) in [4.78, 5) is 15.3. The number of ether oxygens (including phenoxy) is 1. The fourth-order valence-corrected chi connectivity index (χ4v) is 1.50. The molecular weight excluding hydrogens is 230 g/mol. The van der Waals surface area contributed by atoms with Crippen LogP contribution in [0.15, 0.2) is 36.5 Å². The van der Waals surface area contributed by atoms with Crippen LogP contribution < -0.4 is 16.2 Å². The molecule has 0 aliphatic carbocycles. The largest absolute Gasteiger partial charge is 0.490 e. The maximum Gasteiger partial charge on any atom is 0.240 e. The SMILES string of the molecule is CC(N)(COc1cccc2ncccc12)C(N)=O. The number of hydrogen-bond acceptors (Lipinski definition) is 4. The van der Waals surface area contributed by atoms with Crippen LogP contribution in [0.2, 0.25) is 0 Å². The second-order valence-corrected chi connectivity index (χ2v) is 4.40. The van der Waals surface area contributed by atoms with Gasteiger partial charge in [0.15, 0.2) is 0 Å². The maximum atomic E-state index is 11.1. The summed E-state index contributed by atoms with van der Waals surface area (Å²) in [6.07, 6.45) is 1.71. The van der Waals surface area contributed by atoms with Crippen LogP contribution in [0, 0.1) is 0 Å². The number of pyridine rings is 1. The summed E-state index contributed by atoms with van der Waals surface area (Å²) in [5.74, 6) is 0.0411. The van der Waals surface area contributed by atoms with E-state index in [2.05, 4.69) is 4.98 Å². The molecule has 0 bridgehead atoms. The van der Waals surface area contributed by atoms with E-state index in [1.807, 2.05) is 24.3 Å². The molecule has 5 nitrogen and oxygen atoms in total. The molecule has 0 spiro atoms. The molecular formula is C13H15N3O2. The van der Waals surface area contributed by atoms with Crippen molar-refractivity contribution >= 4 is 16.8 Å². The minimum atomic E-state index is -1.19. The molecule has 1 aromatic heterocycles. The Morgan fingerprint density at radius 2 is 2.17 bits per heavy atom. The number of fused-ring (bicyclic) bond motifs is 1. The highest BCUT2D eigenvalue weighted by Gasteiger charge is 2.26. The van der Waals surface area contributed by atoms with Crippen LogP contribution in [-0.4, -0.2) is 23.0 Å². The van der Waals surface area contributed by atoms with Crippen molar-refractivity contribution in [2.75, 3.05) is 6.61 Å². The van der Waals surface area contributed by atoms with Crippen molar-refractivity contribution in [2.24, 2.45) is 11.5 Å². The van der Waals surface area contributed by atoms with E-state index in [1.165, 1.54) is 0 Å². The van der Waals surface area contributed by atoms with Gasteiger partial charge in [-0.3, -0.25) is 9.78 Å². The highest BCUT2D eigenvalue weighted by molar-refractivity contribution is 5.85. The molecule has 1 atom stereocenters. The third kappa shape index (κ3) is 2.41. The van der Waals surface area contributed by atoms with Gasteiger partial charge in [-0.2, -0.15) is 0 Å². The van der Waals surface area contributed by atoms with Gasteiger partial charge in [-0.1, -0.05) is 6.07 Å². The number of hydrogen-bond donors (Lipinski definition) is 2. The minimum absolute atomic E-state index is 0.0241. The first kappa shape index (κ1) is 12.3. The molecule has 0 aliphatic heterocycles. The van der Waals surface area contributed by atoms with Crippen LogP contribution in [-0.2, 0) is 4.79 Å². The lowest BCUT2D eigenvalue weighted by Crippen LogP contribution is -2.53. The lowest BCUT2D eigenvalue weighted by atomic mass is 10.1. The molecule has 94 valence electrons. The van der Waals surface area contributed by atoms with Crippen molar-refractivity contribution in [3.8, 4) is 5.75 Å². The predicted molar refractivity (Wildman–Crippen MR) is 69.0 cm³/mol. The zero-order valence-corrected chi connectivity index (χ0v) is 10.1. The van der Waals surface area contributed by atoms with Gasteiger partial charge in [0.25, 0.3) is 0 Å². The lowest BCUT2D eigenvalue weighted by Gasteiger charge is -2.21. The van der Waals surface area contributed by atoms with Crippen molar-refractivity contribution < 1.29 is 9.53 Å². The smallest absolute Gasteiger partial charge is 0.240 e. The Morgan fingerprint density at radius 1 is 1.39 bits per heavy atom. The van der Waals surface area contributed by atoms with E-state index in [0.717, 1.165) is 10.9 Å². The third-order valence-corrected chi connectivity index (χ3v) is 2.70. The van der Waals surface area contributed by atoms with Gasteiger partial charge in [0, 0.05) is 11.6 Å². The van der Waals surface area contributed by atoms with Gasteiger partial charge in [0.2, 0.25) is 5.91 Å². The molecule has 1 heterocycles. The molecule has 4 N–H and O–H groups in total. The average molecular weight is 245 g/mol. The molecule has 0 aliphatic rings. The van der Waals surface area contributed by atoms with Gasteiger partial charge < -0.3 is 16.2 Å². The number of nitrogens with two attached hydrogens (primary N) is 2. The van der Waals surface area contributed by atoms with Crippen molar-refractivity contribution in [2.45, 2.75) is 12.5 Å². The number of nitrogens with zero attached hydrogens (tertiary/aromatic N) is 1. The monoisotopic (exact) mass is 245 g/mol. The first-order valence-corrected chi connectivity index (χ1v) is 5.56. The number of carbonyl (C=O) groups excluding carboxylic acids is 1. The molecule has 0 saturated carbocycles. The van der Waals surface area contributed by atoms with Crippen molar-refractivity contribution in [3.63, 3.8) is 0 Å². The molecule has 1 amide bonds. The Balaban J connectivity index is 2.25. The number of amides is 1. The van der Waals surface area contributed by atoms with Crippen molar-refractivity contribution in [1.82, 2.24) is 4.98 Å². The van der Waals surface area contributed by atoms with Gasteiger partial charge in [-0.25, -0.2) is 0 Å². The average Bonchev–Trinajstić information content (AvgIpc) is 2.36. The first-order valence-electron chi connectivity index (χ1n) is 5.56. The van der Waals surface area contributed by atoms with E-state index in [-0.39, 0.29) is 6.61 Å². The number of rotatable bonds is 4. The van der Waals surface area contributed by atoms with Crippen LogP contribution in [0.1, 0.15) is 6.92 Å². The van der Waals surface area contributed by atoms with Crippen molar-refractivity contribution in [1.29, 1.82) is 0 Å². The van der Waals surface area contributed by atoms with Gasteiger partial charge in [-0.15, -0.1) is 0 Å². The highest BCUT2D eigenvalue weighted by atomic mass is 16.5. The van der Waals surface area contributed by atoms with Gasteiger partial charge in [0.05, 0.1) is 5.52 Å². The summed E-state index contributed by atoms with van der Waals surface area (Å²) < 4.78 is 5.58. The fraction of sp³-hybridized carbons (Fsp3) is 0.231. The lowest BCUT2D eigenvalue weighted by molar-refractivity contribution is -0.123. The summed E-state index contributed by atoms with van der Waals surface area (Å²) in [7, 11) is 0. The number of aromatic nitrogens is 1. The zero-order valence-electron chi connectivity index (χ0n) is 10.1.